The molecule has 1 unspecified atom stereocenters. The van der Waals surface area contributed by atoms with Crippen molar-refractivity contribution >= 4 is 55.5 Å². The second-order valence-electron chi connectivity index (χ2n) is 6.08. The zero-order chi connectivity index (χ0) is 17.2. The summed E-state index contributed by atoms with van der Waals surface area (Å²) in [4.78, 5) is 29.2. The van der Waals surface area contributed by atoms with Crippen molar-refractivity contribution in [1.29, 1.82) is 0 Å². The fourth-order valence-corrected chi connectivity index (χ4v) is 3.89. The zero-order valence-corrected chi connectivity index (χ0v) is 16.5. The molecular weight excluding hydrogens is 398 g/mol. The standard InChI is InChI=1S/C15H18BrN3O2S2/c1-8(17-13(21)9-5-6-11(16)23-9)12(20)19-14-18-10(7-22-14)15(2,3)4/h5-8H,1-4H3,(H,17,21)(H,18,19,20). The second-order valence-corrected chi connectivity index (χ2v) is 9.40. The average molecular weight is 416 g/mol. The van der Waals surface area contributed by atoms with Gasteiger partial charge < -0.3 is 10.6 Å². The summed E-state index contributed by atoms with van der Waals surface area (Å²) in [6, 6.07) is 2.87. The molecule has 5 nitrogen and oxygen atoms in total. The fourth-order valence-electron chi connectivity index (χ4n) is 1.66. The van der Waals surface area contributed by atoms with Crippen LogP contribution in [0.2, 0.25) is 0 Å². The summed E-state index contributed by atoms with van der Waals surface area (Å²) in [5.41, 5.74) is 0.865. The van der Waals surface area contributed by atoms with Crippen LogP contribution in [0.25, 0.3) is 0 Å². The lowest BCUT2D eigenvalue weighted by atomic mass is 9.93. The maximum atomic E-state index is 12.2. The van der Waals surface area contributed by atoms with Gasteiger partial charge in [0.15, 0.2) is 5.13 Å². The van der Waals surface area contributed by atoms with Crippen LogP contribution in [0.4, 0.5) is 5.13 Å². The molecule has 2 aromatic rings. The summed E-state index contributed by atoms with van der Waals surface area (Å²) in [7, 11) is 0. The lowest BCUT2D eigenvalue weighted by molar-refractivity contribution is -0.117. The van der Waals surface area contributed by atoms with E-state index >= 15 is 0 Å². The van der Waals surface area contributed by atoms with E-state index in [9.17, 15) is 9.59 Å². The molecule has 0 fully saturated rings. The highest BCUT2D eigenvalue weighted by molar-refractivity contribution is 9.11. The van der Waals surface area contributed by atoms with Gasteiger partial charge in [-0.05, 0) is 35.0 Å². The van der Waals surface area contributed by atoms with Gasteiger partial charge in [-0.3, -0.25) is 9.59 Å². The summed E-state index contributed by atoms with van der Waals surface area (Å²) in [6.07, 6.45) is 0. The van der Waals surface area contributed by atoms with Crippen LogP contribution in [0.5, 0.6) is 0 Å². The monoisotopic (exact) mass is 415 g/mol. The predicted molar refractivity (Wildman–Crippen MR) is 98.4 cm³/mol. The number of nitrogens with zero attached hydrogens (tertiary/aromatic N) is 1. The number of amides is 2. The van der Waals surface area contributed by atoms with Crippen molar-refractivity contribution in [2.45, 2.75) is 39.2 Å². The van der Waals surface area contributed by atoms with Crippen molar-refractivity contribution in [2.24, 2.45) is 0 Å². The Bertz CT molecular complexity index is 718. The molecule has 0 aliphatic rings. The molecule has 0 saturated carbocycles. The van der Waals surface area contributed by atoms with Gasteiger partial charge in [-0.15, -0.1) is 22.7 Å². The Kier molecular flexibility index (Phi) is 5.59. The first-order valence-electron chi connectivity index (χ1n) is 7.00. The number of carbonyl (C=O) groups is 2. The van der Waals surface area contributed by atoms with Gasteiger partial charge in [0, 0.05) is 10.8 Å². The third-order valence-electron chi connectivity index (χ3n) is 3.04. The lowest BCUT2D eigenvalue weighted by Gasteiger charge is -2.14. The van der Waals surface area contributed by atoms with Gasteiger partial charge in [0.25, 0.3) is 5.91 Å². The molecule has 2 heterocycles. The largest absolute Gasteiger partial charge is 0.340 e. The molecule has 1 atom stereocenters. The molecule has 0 saturated heterocycles. The minimum Gasteiger partial charge on any atom is -0.340 e. The normalized spacial score (nSPS) is 12.7. The van der Waals surface area contributed by atoms with E-state index in [0.29, 0.717) is 10.0 Å². The quantitative estimate of drug-likeness (QED) is 0.791. The minimum atomic E-state index is -0.648. The van der Waals surface area contributed by atoms with Crippen molar-refractivity contribution in [1.82, 2.24) is 10.3 Å². The van der Waals surface area contributed by atoms with Crippen molar-refractivity contribution in [3.05, 3.63) is 31.9 Å². The molecule has 0 radical (unpaired) electrons. The number of nitrogens with one attached hydrogen (secondary N) is 2. The highest BCUT2D eigenvalue weighted by Crippen LogP contribution is 2.26. The van der Waals surface area contributed by atoms with Crippen molar-refractivity contribution in [2.75, 3.05) is 5.32 Å². The predicted octanol–water partition coefficient (Wildman–Crippen LogP) is 4.02. The molecule has 0 aromatic carbocycles. The molecule has 2 amide bonds. The summed E-state index contributed by atoms with van der Waals surface area (Å²) in [5, 5.41) is 7.90. The topological polar surface area (TPSA) is 71.1 Å². The number of hydrogen-bond donors (Lipinski definition) is 2. The molecule has 124 valence electrons. The Balaban J connectivity index is 1.95. The average Bonchev–Trinajstić information content (AvgIpc) is 3.07. The number of rotatable bonds is 4. The Morgan fingerprint density at radius 3 is 2.52 bits per heavy atom. The van der Waals surface area contributed by atoms with Crippen LogP contribution < -0.4 is 10.6 Å². The van der Waals surface area contributed by atoms with Gasteiger partial charge in [0.1, 0.15) is 6.04 Å². The molecule has 0 aliphatic carbocycles. The Hall–Kier alpha value is -1.25. The summed E-state index contributed by atoms with van der Waals surface area (Å²) < 4.78 is 0.872. The number of thiophene rings is 1. The summed E-state index contributed by atoms with van der Waals surface area (Å²) >= 11 is 6.01. The number of anilines is 1. The van der Waals surface area contributed by atoms with E-state index in [1.165, 1.54) is 22.7 Å². The Morgan fingerprint density at radius 2 is 2.00 bits per heavy atom. The maximum absolute atomic E-state index is 12.2. The lowest BCUT2D eigenvalue weighted by Crippen LogP contribution is -2.41. The van der Waals surface area contributed by atoms with Gasteiger partial charge >= 0.3 is 0 Å². The molecule has 0 bridgehead atoms. The highest BCUT2D eigenvalue weighted by atomic mass is 79.9. The number of thiazole rings is 1. The van der Waals surface area contributed by atoms with E-state index in [2.05, 4.69) is 52.3 Å². The summed E-state index contributed by atoms with van der Waals surface area (Å²) in [6.45, 7) is 7.84. The van der Waals surface area contributed by atoms with Crippen LogP contribution in [0.3, 0.4) is 0 Å². The van der Waals surface area contributed by atoms with E-state index in [1.807, 2.05) is 5.38 Å². The molecular formula is C15H18BrN3O2S2. The third-order valence-corrected chi connectivity index (χ3v) is 5.42. The number of carbonyl (C=O) groups excluding carboxylic acids is 2. The van der Waals surface area contributed by atoms with Crippen molar-refractivity contribution in [3.8, 4) is 0 Å². The van der Waals surface area contributed by atoms with Crippen LogP contribution >= 0.6 is 38.6 Å². The molecule has 2 aromatic heterocycles. The second kappa shape index (κ2) is 7.11. The molecule has 2 rings (SSSR count). The number of halogens is 1. The van der Waals surface area contributed by atoms with Gasteiger partial charge in [0.05, 0.1) is 14.4 Å². The van der Waals surface area contributed by atoms with E-state index in [-0.39, 0.29) is 17.2 Å². The van der Waals surface area contributed by atoms with Crippen molar-refractivity contribution in [3.63, 3.8) is 0 Å². The Morgan fingerprint density at radius 1 is 1.30 bits per heavy atom. The molecule has 0 aliphatic heterocycles. The first-order valence-corrected chi connectivity index (χ1v) is 9.49. The van der Waals surface area contributed by atoms with Crippen LogP contribution in [-0.4, -0.2) is 22.8 Å². The van der Waals surface area contributed by atoms with Gasteiger partial charge in [-0.1, -0.05) is 20.8 Å². The molecule has 8 heteroatoms. The van der Waals surface area contributed by atoms with Crippen molar-refractivity contribution < 1.29 is 9.59 Å². The van der Waals surface area contributed by atoms with E-state index in [1.54, 1.807) is 19.1 Å². The minimum absolute atomic E-state index is 0.0636. The number of aromatic nitrogens is 1. The Labute approximate surface area is 151 Å². The first-order chi connectivity index (χ1) is 10.7. The summed E-state index contributed by atoms with van der Waals surface area (Å²) in [5.74, 6) is -0.554. The molecule has 23 heavy (non-hydrogen) atoms. The molecule has 2 N–H and O–H groups in total. The smallest absolute Gasteiger partial charge is 0.262 e. The van der Waals surface area contributed by atoms with Gasteiger partial charge in [-0.25, -0.2) is 4.98 Å². The van der Waals surface area contributed by atoms with Crippen LogP contribution in [0, 0.1) is 0 Å². The van der Waals surface area contributed by atoms with Crippen LogP contribution in [-0.2, 0) is 10.2 Å². The van der Waals surface area contributed by atoms with E-state index in [0.717, 1.165) is 9.48 Å². The SMILES string of the molecule is CC(NC(=O)c1ccc(Br)s1)C(=O)Nc1nc(C(C)(C)C)cs1. The zero-order valence-electron chi connectivity index (χ0n) is 13.3. The third kappa shape index (κ3) is 4.86. The molecule has 0 spiro atoms. The number of hydrogen-bond acceptors (Lipinski definition) is 5. The van der Waals surface area contributed by atoms with E-state index < -0.39 is 6.04 Å². The first kappa shape index (κ1) is 18.1. The van der Waals surface area contributed by atoms with Gasteiger partial charge in [0.2, 0.25) is 5.91 Å². The van der Waals surface area contributed by atoms with Gasteiger partial charge in [-0.2, -0.15) is 0 Å². The highest BCUT2D eigenvalue weighted by Gasteiger charge is 2.21. The van der Waals surface area contributed by atoms with Crippen LogP contribution in [0.1, 0.15) is 43.1 Å². The van der Waals surface area contributed by atoms with Crippen LogP contribution in [0.15, 0.2) is 21.3 Å². The fraction of sp³-hybridized carbons (Fsp3) is 0.400. The van der Waals surface area contributed by atoms with E-state index in [4.69, 9.17) is 0 Å². The maximum Gasteiger partial charge on any atom is 0.262 e.